The number of aliphatic imine (C=N–C) groups is 1. The molecule has 2 N–H and O–H groups in total. The highest BCUT2D eigenvalue weighted by atomic mass is 127. The number of hydrogen-bond acceptors (Lipinski definition) is 4. The van der Waals surface area contributed by atoms with Gasteiger partial charge in [0, 0.05) is 29.9 Å². The second-order valence-corrected chi connectivity index (χ2v) is 8.32. The Labute approximate surface area is 174 Å². The van der Waals surface area contributed by atoms with E-state index >= 15 is 0 Å². The number of aromatic nitrogens is 1. The summed E-state index contributed by atoms with van der Waals surface area (Å²) in [4.78, 5) is 12.0. The number of likely N-dealkylation sites (N-methyl/N-ethyl adjacent to an activating group) is 1. The highest BCUT2D eigenvalue weighted by Gasteiger charge is 2.22. The molecule has 2 rings (SSSR count). The van der Waals surface area contributed by atoms with Crippen molar-refractivity contribution in [3.63, 3.8) is 0 Å². The first-order valence-corrected chi connectivity index (χ1v) is 10.0. The van der Waals surface area contributed by atoms with Gasteiger partial charge in [0.15, 0.2) is 5.96 Å². The number of halogens is 1. The van der Waals surface area contributed by atoms with Gasteiger partial charge >= 0.3 is 0 Å². The summed E-state index contributed by atoms with van der Waals surface area (Å²) in [7, 11) is 0. The molecule has 1 fully saturated rings. The SMILES string of the molecule is CCNC(=NCc1nc(C(C)(C)C)cs1)NCC1CCCN1CC.I. The Kier molecular flexibility index (Phi) is 9.66. The lowest BCUT2D eigenvalue weighted by Crippen LogP contribution is -2.44. The lowest BCUT2D eigenvalue weighted by atomic mass is 9.93. The van der Waals surface area contributed by atoms with Crippen molar-refractivity contribution in [2.75, 3.05) is 26.2 Å². The molecule has 0 bridgehead atoms. The van der Waals surface area contributed by atoms with Crippen LogP contribution in [-0.4, -0.2) is 48.1 Å². The van der Waals surface area contributed by atoms with E-state index in [2.05, 4.69) is 55.5 Å². The van der Waals surface area contributed by atoms with E-state index in [1.807, 2.05) is 0 Å². The Morgan fingerprint density at radius 2 is 2.12 bits per heavy atom. The van der Waals surface area contributed by atoms with Crippen LogP contribution in [-0.2, 0) is 12.0 Å². The van der Waals surface area contributed by atoms with Gasteiger partial charge < -0.3 is 10.6 Å². The van der Waals surface area contributed by atoms with Crippen LogP contribution < -0.4 is 10.6 Å². The van der Waals surface area contributed by atoms with Crippen LogP contribution in [0.1, 0.15) is 58.2 Å². The summed E-state index contributed by atoms with van der Waals surface area (Å²) < 4.78 is 0. The zero-order valence-electron chi connectivity index (χ0n) is 16.3. The van der Waals surface area contributed by atoms with Crippen LogP contribution in [0.5, 0.6) is 0 Å². The Morgan fingerprint density at radius 3 is 2.72 bits per heavy atom. The highest BCUT2D eigenvalue weighted by molar-refractivity contribution is 14.0. The molecule has 0 amide bonds. The molecule has 1 aliphatic rings. The van der Waals surface area contributed by atoms with Crippen LogP contribution in [0.2, 0.25) is 0 Å². The van der Waals surface area contributed by atoms with Crippen LogP contribution in [0.25, 0.3) is 0 Å². The topological polar surface area (TPSA) is 52.6 Å². The van der Waals surface area contributed by atoms with Crippen LogP contribution in [0.3, 0.4) is 0 Å². The molecular weight excluding hydrogens is 445 g/mol. The van der Waals surface area contributed by atoms with Crippen molar-refractivity contribution in [1.82, 2.24) is 20.5 Å². The first-order valence-electron chi connectivity index (χ1n) is 9.15. The van der Waals surface area contributed by atoms with Crippen molar-refractivity contribution in [2.24, 2.45) is 4.99 Å². The Morgan fingerprint density at radius 1 is 1.36 bits per heavy atom. The summed E-state index contributed by atoms with van der Waals surface area (Å²) >= 11 is 1.70. The standard InChI is InChI=1S/C18H33N5S.HI/c1-6-19-17(20-11-14-9-8-10-23(14)7-2)21-12-16-22-15(13-24-16)18(3,4)5;/h13-14H,6-12H2,1-5H3,(H2,19,20,21);1H. The van der Waals surface area contributed by atoms with Gasteiger partial charge in [-0.1, -0.05) is 27.7 Å². The van der Waals surface area contributed by atoms with Gasteiger partial charge in [0.25, 0.3) is 0 Å². The molecular formula is C18H34IN5S. The van der Waals surface area contributed by atoms with Gasteiger partial charge in [-0.3, -0.25) is 4.90 Å². The van der Waals surface area contributed by atoms with E-state index in [1.165, 1.54) is 19.4 Å². The van der Waals surface area contributed by atoms with Crippen molar-refractivity contribution in [3.05, 3.63) is 16.1 Å². The maximum absolute atomic E-state index is 4.72. The van der Waals surface area contributed by atoms with E-state index in [0.29, 0.717) is 12.6 Å². The fourth-order valence-corrected chi connectivity index (χ4v) is 3.92. The number of nitrogens with zero attached hydrogens (tertiary/aromatic N) is 3. The number of hydrogen-bond donors (Lipinski definition) is 2. The third-order valence-corrected chi connectivity index (χ3v) is 5.28. The molecule has 1 saturated heterocycles. The summed E-state index contributed by atoms with van der Waals surface area (Å²) in [6.07, 6.45) is 2.59. The highest BCUT2D eigenvalue weighted by Crippen LogP contribution is 2.24. The number of thiazole rings is 1. The van der Waals surface area contributed by atoms with E-state index in [1.54, 1.807) is 11.3 Å². The molecule has 1 atom stereocenters. The minimum atomic E-state index is 0. The van der Waals surface area contributed by atoms with Gasteiger partial charge in [-0.15, -0.1) is 35.3 Å². The van der Waals surface area contributed by atoms with E-state index in [4.69, 9.17) is 9.98 Å². The third kappa shape index (κ3) is 7.02. The number of nitrogens with one attached hydrogen (secondary N) is 2. The summed E-state index contributed by atoms with van der Waals surface area (Å²) in [5.74, 6) is 0.896. The second-order valence-electron chi connectivity index (χ2n) is 7.38. The van der Waals surface area contributed by atoms with Gasteiger partial charge in [0.05, 0.1) is 12.2 Å². The Hall–Kier alpha value is -0.410. The number of rotatable bonds is 6. The maximum atomic E-state index is 4.72. The Balaban J connectivity index is 0.00000312. The first-order chi connectivity index (χ1) is 11.4. The predicted molar refractivity (Wildman–Crippen MR) is 119 cm³/mol. The fourth-order valence-electron chi connectivity index (χ4n) is 2.97. The molecule has 25 heavy (non-hydrogen) atoms. The van der Waals surface area contributed by atoms with Crippen LogP contribution in [0.15, 0.2) is 10.4 Å². The molecule has 5 nitrogen and oxygen atoms in total. The maximum Gasteiger partial charge on any atom is 0.191 e. The van der Waals surface area contributed by atoms with Crippen LogP contribution in [0.4, 0.5) is 0 Å². The monoisotopic (exact) mass is 479 g/mol. The third-order valence-electron chi connectivity index (χ3n) is 4.45. The van der Waals surface area contributed by atoms with E-state index < -0.39 is 0 Å². The van der Waals surface area contributed by atoms with Crippen LogP contribution >= 0.6 is 35.3 Å². The largest absolute Gasteiger partial charge is 0.357 e. The molecule has 7 heteroatoms. The molecule has 0 aromatic carbocycles. The van der Waals surface area contributed by atoms with Crippen molar-refractivity contribution < 1.29 is 0 Å². The fraction of sp³-hybridized carbons (Fsp3) is 0.778. The zero-order chi connectivity index (χ0) is 17.6. The molecule has 144 valence electrons. The van der Waals surface area contributed by atoms with Crippen molar-refractivity contribution in [3.8, 4) is 0 Å². The quantitative estimate of drug-likeness (QED) is 0.372. The van der Waals surface area contributed by atoms with Gasteiger partial charge in [-0.05, 0) is 32.9 Å². The van der Waals surface area contributed by atoms with Crippen molar-refractivity contribution >= 4 is 41.3 Å². The van der Waals surface area contributed by atoms with Gasteiger partial charge in [0.1, 0.15) is 5.01 Å². The molecule has 0 saturated carbocycles. The molecule has 1 aromatic rings. The summed E-state index contributed by atoms with van der Waals surface area (Å²) in [6.45, 7) is 15.8. The molecule has 1 unspecified atom stereocenters. The first kappa shape index (κ1) is 22.6. The lowest BCUT2D eigenvalue weighted by Gasteiger charge is -2.23. The van der Waals surface area contributed by atoms with Gasteiger partial charge in [-0.2, -0.15) is 0 Å². The average Bonchev–Trinajstić information content (AvgIpc) is 3.18. The normalized spacial score (nSPS) is 18.9. The lowest BCUT2D eigenvalue weighted by molar-refractivity contribution is 0.267. The van der Waals surface area contributed by atoms with Gasteiger partial charge in [0.2, 0.25) is 0 Å². The molecule has 0 radical (unpaired) electrons. The summed E-state index contributed by atoms with van der Waals surface area (Å²) in [5.41, 5.74) is 1.26. The predicted octanol–water partition coefficient (Wildman–Crippen LogP) is 3.60. The molecule has 1 aromatic heterocycles. The van der Waals surface area contributed by atoms with E-state index in [9.17, 15) is 0 Å². The van der Waals surface area contributed by atoms with E-state index in [0.717, 1.165) is 36.3 Å². The zero-order valence-corrected chi connectivity index (χ0v) is 19.4. The Bertz CT molecular complexity index is 538. The minimum Gasteiger partial charge on any atom is -0.357 e. The number of guanidine groups is 1. The molecule has 1 aliphatic heterocycles. The minimum absolute atomic E-state index is 0. The molecule has 2 heterocycles. The summed E-state index contributed by atoms with van der Waals surface area (Å²) in [5, 5.41) is 10.1. The van der Waals surface area contributed by atoms with Crippen LogP contribution in [0, 0.1) is 0 Å². The van der Waals surface area contributed by atoms with Crippen molar-refractivity contribution in [1.29, 1.82) is 0 Å². The summed E-state index contributed by atoms with van der Waals surface area (Å²) in [6, 6.07) is 0.631. The number of likely N-dealkylation sites (tertiary alicyclic amines) is 1. The average molecular weight is 479 g/mol. The molecule has 0 spiro atoms. The smallest absolute Gasteiger partial charge is 0.191 e. The second kappa shape index (κ2) is 10.7. The van der Waals surface area contributed by atoms with Crippen molar-refractivity contribution in [2.45, 2.75) is 65.5 Å². The molecule has 0 aliphatic carbocycles. The van der Waals surface area contributed by atoms with E-state index in [-0.39, 0.29) is 29.4 Å². The van der Waals surface area contributed by atoms with Gasteiger partial charge in [-0.25, -0.2) is 9.98 Å².